The van der Waals surface area contributed by atoms with Crippen LogP contribution in [0.1, 0.15) is 25.8 Å². The summed E-state index contributed by atoms with van der Waals surface area (Å²) in [5.41, 5.74) is 1.14. The van der Waals surface area contributed by atoms with Crippen LogP contribution in [0.25, 0.3) is 21.9 Å². The van der Waals surface area contributed by atoms with Crippen molar-refractivity contribution in [2.75, 3.05) is 13.1 Å². The Labute approximate surface area is 158 Å². The van der Waals surface area contributed by atoms with E-state index in [1.165, 1.54) is 17.2 Å². The van der Waals surface area contributed by atoms with Gasteiger partial charge in [-0.05, 0) is 18.4 Å². The molecule has 1 saturated heterocycles. The minimum Gasteiger partial charge on any atom is -0.346 e. The van der Waals surface area contributed by atoms with Crippen LogP contribution in [0, 0.1) is 5.92 Å². The van der Waals surface area contributed by atoms with Crippen LogP contribution in [-0.2, 0) is 4.79 Å². The fraction of sp³-hybridized carbons (Fsp3) is 0.421. The first-order chi connectivity index (χ1) is 13.2. The largest absolute Gasteiger partial charge is 0.397 e. The molecule has 0 aromatic carbocycles. The van der Waals surface area contributed by atoms with Crippen molar-refractivity contribution in [2.24, 2.45) is 5.92 Å². The third-order valence-electron chi connectivity index (χ3n) is 5.45. The second-order valence-electron chi connectivity index (χ2n) is 7.31. The highest BCUT2D eigenvalue weighted by Crippen LogP contribution is 2.33. The lowest BCUT2D eigenvalue weighted by atomic mass is 9.92. The first-order valence-corrected chi connectivity index (χ1v) is 9.06. The highest BCUT2D eigenvalue weighted by atomic mass is 19.4. The van der Waals surface area contributed by atoms with E-state index in [0.717, 1.165) is 5.39 Å². The summed E-state index contributed by atoms with van der Waals surface area (Å²) < 4.78 is 39.9. The summed E-state index contributed by atoms with van der Waals surface area (Å²) in [6.07, 6.45) is -0.498. The molecule has 6 nitrogen and oxygen atoms in total. The van der Waals surface area contributed by atoms with E-state index in [1.54, 1.807) is 12.4 Å². The van der Waals surface area contributed by atoms with E-state index >= 15 is 0 Å². The molecule has 1 fully saturated rings. The van der Waals surface area contributed by atoms with Crippen LogP contribution >= 0.6 is 0 Å². The molecular weight excluding hydrogens is 373 g/mol. The molecule has 0 spiro atoms. The molecule has 3 aromatic heterocycles. The van der Waals surface area contributed by atoms with Gasteiger partial charge in [0.05, 0.1) is 16.9 Å². The Morgan fingerprint density at radius 1 is 1.32 bits per heavy atom. The molecule has 3 aromatic rings. The molecule has 0 aliphatic carbocycles. The van der Waals surface area contributed by atoms with Crippen molar-refractivity contribution in [3.8, 4) is 0 Å². The smallest absolute Gasteiger partial charge is 0.346 e. The van der Waals surface area contributed by atoms with E-state index in [0.29, 0.717) is 29.5 Å². The molecule has 2 atom stereocenters. The molecule has 4 heterocycles. The standard InChI is InChI=1S/C19H19F3N4O2/c1-11-3-6-25(16(28)8-19(20,21)22)10-14(11)26-7-4-15(27)13-9-24-18-12(17(13)26)2-5-23-18/h2,4-5,7,9,11,14H,3,6,8,10H2,1H3,(H,23,24). The van der Waals surface area contributed by atoms with E-state index in [9.17, 15) is 22.8 Å². The Morgan fingerprint density at radius 3 is 2.86 bits per heavy atom. The number of hydrogen-bond acceptors (Lipinski definition) is 3. The lowest BCUT2D eigenvalue weighted by Crippen LogP contribution is -2.45. The average Bonchev–Trinajstić information content (AvgIpc) is 3.10. The molecule has 0 saturated carbocycles. The summed E-state index contributed by atoms with van der Waals surface area (Å²) in [7, 11) is 0. The van der Waals surface area contributed by atoms with Gasteiger partial charge in [-0.2, -0.15) is 13.2 Å². The van der Waals surface area contributed by atoms with Crippen LogP contribution in [0.3, 0.4) is 0 Å². The van der Waals surface area contributed by atoms with Crippen molar-refractivity contribution >= 4 is 27.8 Å². The number of halogens is 3. The number of amides is 1. The summed E-state index contributed by atoms with van der Waals surface area (Å²) in [5.74, 6) is -0.786. The van der Waals surface area contributed by atoms with Gasteiger partial charge < -0.3 is 14.5 Å². The molecule has 1 N–H and O–H groups in total. The Balaban J connectivity index is 1.78. The second kappa shape index (κ2) is 6.65. The number of piperidine rings is 1. The first-order valence-electron chi connectivity index (χ1n) is 9.06. The maximum Gasteiger partial charge on any atom is 0.397 e. The van der Waals surface area contributed by atoms with Crippen molar-refractivity contribution in [3.63, 3.8) is 0 Å². The number of hydrogen-bond donors (Lipinski definition) is 1. The predicted octanol–water partition coefficient (Wildman–Crippen LogP) is 3.24. The third kappa shape index (κ3) is 3.25. The number of H-pyrrole nitrogens is 1. The van der Waals surface area contributed by atoms with Crippen LogP contribution in [0.4, 0.5) is 13.2 Å². The summed E-state index contributed by atoms with van der Waals surface area (Å²) in [4.78, 5) is 33.0. The lowest BCUT2D eigenvalue weighted by Gasteiger charge is -2.39. The Bertz CT molecular complexity index is 1100. The van der Waals surface area contributed by atoms with Gasteiger partial charge in [0.25, 0.3) is 0 Å². The molecule has 1 aliphatic rings. The molecule has 0 bridgehead atoms. The summed E-state index contributed by atoms with van der Waals surface area (Å²) in [5, 5.41) is 1.21. The number of carbonyl (C=O) groups excluding carboxylic acids is 1. The van der Waals surface area contributed by atoms with Crippen molar-refractivity contribution in [2.45, 2.75) is 32.0 Å². The zero-order valence-corrected chi connectivity index (χ0v) is 15.2. The Hall–Kier alpha value is -2.84. The number of likely N-dealkylation sites (tertiary alicyclic amines) is 1. The van der Waals surface area contributed by atoms with Crippen molar-refractivity contribution in [1.29, 1.82) is 0 Å². The van der Waals surface area contributed by atoms with Gasteiger partial charge in [0.2, 0.25) is 5.91 Å². The minimum atomic E-state index is -4.53. The number of fused-ring (bicyclic) bond motifs is 3. The van der Waals surface area contributed by atoms with Gasteiger partial charge >= 0.3 is 6.18 Å². The van der Waals surface area contributed by atoms with E-state index in [1.807, 2.05) is 17.6 Å². The predicted molar refractivity (Wildman–Crippen MR) is 97.9 cm³/mol. The van der Waals surface area contributed by atoms with Crippen LogP contribution in [-0.4, -0.2) is 44.6 Å². The maximum atomic E-state index is 12.7. The van der Waals surface area contributed by atoms with Gasteiger partial charge in [0.15, 0.2) is 5.43 Å². The summed E-state index contributed by atoms with van der Waals surface area (Å²) in [6.45, 7) is 2.48. The van der Waals surface area contributed by atoms with Crippen LogP contribution in [0.2, 0.25) is 0 Å². The van der Waals surface area contributed by atoms with Gasteiger partial charge in [0, 0.05) is 43.1 Å². The number of rotatable bonds is 2. The fourth-order valence-electron chi connectivity index (χ4n) is 3.96. The summed E-state index contributed by atoms with van der Waals surface area (Å²) in [6, 6.07) is 3.02. The van der Waals surface area contributed by atoms with Gasteiger partial charge in [-0.15, -0.1) is 0 Å². The molecule has 28 heavy (non-hydrogen) atoms. The first kappa shape index (κ1) is 18.5. The van der Waals surface area contributed by atoms with Crippen molar-refractivity contribution in [3.05, 3.63) is 40.9 Å². The van der Waals surface area contributed by atoms with Gasteiger partial charge in [-0.1, -0.05) is 6.92 Å². The number of carbonyl (C=O) groups is 1. The minimum absolute atomic E-state index is 0.128. The average molecular weight is 392 g/mol. The quantitative estimate of drug-likeness (QED) is 0.728. The van der Waals surface area contributed by atoms with E-state index < -0.39 is 18.5 Å². The van der Waals surface area contributed by atoms with Crippen molar-refractivity contribution < 1.29 is 18.0 Å². The van der Waals surface area contributed by atoms with Crippen LogP contribution in [0.15, 0.2) is 35.5 Å². The van der Waals surface area contributed by atoms with Crippen molar-refractivity contribution in [1.82, 2.24) is 19.4 Å². The van der Waals surface area contributed by atoms with Gasteiger partial charge in [0.1, 0.15) is 12.1 Å². The Morgan fingerprint density at radius 2 is 2.11 bits per heavy atom. The van der Waals surface area contributed by atoms with Crippen LogP contribution < -0.4 is 5.43 Å². The highest BCUT2D eigenvalue weighted by Gasteiger charge is 2.37. The number of nitrogens with one attached hydrogen (secondary N) is 1. The van der Waals surface area contributed by atoms with E-state index in [-0.39, 0.29) is 23.9 Å². The monoisotopic (exact) mass is 392 g/mol. The number of aromatic nitrogens is 3. The lowest BCUT2D eigenvalue weighted by molar-refractivity contribution is -0.162. The zero-order valence-electron chi connectivity index (χ0n) is 15.2. The van der Waals surface area contributed by atoms with E-state index in [4.69, 9.17) is 0 Å². The number of nitrogens with zero attached hydrogens (tertiary/aromatic N) is 3. The van der Waals surface area contributed by atoms with E-state index in [2.05, 4.69) is 9.97 Å². The molecular formula is C19H19F3N4O2. The maximum absolute atomic E-state index is 12.7. The van der Waals surface area contributed by atoms with Gasteiger partial charge in [-0.3, -0.25) is 9.59 Å². The second-order valence-corrected chi connectivity index (χ2v) is 7.31. The third-order valence-corrected chi connectivity index (χ3v) is 5.45. The normalized spacial score (nSPS) is 20.8. The van der Waals surface area contributed by atoms with Crippen LogP contribution in [0.5, 0.6) is 0 Å². The molecule has 2 unspecified atom stereocenters. The molecule has 4 rings (SSSR count). The summed E-state index contributed by atoms with van der Waals surface area (Å²) >= 11 is 0. The molecule has 0 radical (unpaired) electrons. The topological polar surface area (TPSA) is 71.0 Å². The molecule has 1 amide bonds. The SMILES string of the molecule is CC1CCN(C(=O)CC(F)(F)F)CC1n1ccc(=O)c2cnc3[nH]ccc3c21. The zero-order chi connectivity index (χ0) is 20.1. The highest BCUT2D eigenvalue weighted by molar-refractivity contribution is 6.02. The van der Waals surface area contributed by atoms with Gasteiger partial charge in [-0.25, -0.2) is 4.98 Å². The number of pyridine rings is 2. The fourth-order valence-corrected chi connectivity index (χ4v) is 3.96. The Kier molecular flexibility index (Phi) is 4.40. The molecule has 148 valence electrons. The number of alkyl halides is 3. The number of aromatic amines is 1. The molecule has 9 heteroatoms. The molecule has 1 aliphatic heterocycles.